The van der Waals surface area contributed by atoms with E-state index in [2.05, 4.69) is 33.2 Å². The summed E-state index contributed by atoms with van der Waals surface area (Å²) in [5.41, 5.74) is 4.91. The van der Waals surface area contributed by atoms with Crippen molar-refractivity contribution in [3.8, 4) is 0 Å². The van der Waals surface area contributed by atoms with Crippen LogP contribution in [-0.2, 0) is 39.0 Å². The van der Waals surface area contributed by atoms with Crippen molar-refractivity contribution in [3.05, 3.63) is 34.5 Å². The number of aryl methyl sites for hydroxylation is 2. The van der Waals surface area contributed by atoms with E-state index in [9.17, 15) is 0 Å². The topological polar surface area (TPSA) is 59.1 Å². The van der Waals surface area contributed by atoms with Crippen molar-refractivity contribution >= 4 is 24.8 Å². The average Bonchev–Trinajstić information content (AvgIpc) is 3.05. The summed E-state index contributed by atoms with van der Waals surface area (Å²) in [4.78, 5) is 2.28. The van der Waals surface area contributed by atoms with Crippen LogP contribution in [0.15, 0.2) is 10.6 Å². The van der Waals surface area contributed by atoms with Crippen LogP contribution >= 0.6 is 24.8 Å². The Hall–Kier alpha value is -1.08. The first-order valence-electron chi connectivity index (χ1n) is 8.71. The van der Waals surface area contributed by atoms with E-state index in [0.29, 0.717) is 0 Å². The van der Waals surface area contributed by atoms with Gasteiger partial charge in [-0.05, 0) is 45.3 Å². The molecule has 6 nitrogen and oxygen atoms in total. The Bertz CT molecular complexity index is 661. The number of hydrogen-bond donors (Lipinski definition) is 1. The minimum Gasteiger partial charge on any atom is -0.361 e. The summed E-state index contributed by atoms with van der Waals surface area (Å²) in [6.07, 6.45) is 5.80. The SMILES string of the molecule is CN(Cc1cc2n(n1)CCCNC2)Cc1noc2c1CCCC2.Cl.Cl. The maximum absolute atomic E-state index is 5.51. The number of fused-ring (bicyclic) bond motifs is 2. The molecule has 0 spiro atoms. The molecule has 0 radical (unpaired) electrons. The van der Waals surface area contributed by atoms with Crippen LogP contribution in [0.3, 0.4) is 0 Å². The second-order valence-corrected chi connectivity index (χ2v) is 6.79. The van der Waals surface area contributed by atoms with Gasteiger partial charge >= 0.3 is 0 Å². The molecule has 0 fully saturated rings. The Balaban J connectivity index is 0.00000113. The van der Waals surface area contributed by atoms with Crippen LogP contribution in [0.5, 0.6) is 0 Å². The molecule has 0 aromatic carbocycles. The van der Waals surface area contributed by atoms with Crippen molar-refractivity contribution in [2.75, 3.05) is 13.6 Å². The molecular formula is C17H27Cl2N5O. The zero-order valence-electron chi connectivity index (χ0n) is 14.7. The minimum absolute atomic E-state index is 0. The second-order valence-electron chi connectivity index (χ2n) is 6.79. The highest BCUT2D eigenvalue weighted by Crippen LogP contribution is 2.25. The molecule has 0 bridgehead atoms. The maximum Gasteiger partial charge on any atom is 0.140 e. The third kappa shape index (κ3) is 4.56. The van der Waals surface area contributed by atoms with Crippen LogP contribution in [0.1, 0.15) is 47.7 Å². The van der Waals surface area contributed by atoms with Crippen LogP contribution in [0.4, 0.5) is 0 Å². The van der Waals surface area contributed by atoms with Crippen molar-refractivity contribution in [3.63, 3.8) is 0 Å². The molecule has 2 aromatic heterocycles. The van der Waals surface area contributed by atoms with Gasteiger partial charge in [-0.3, -0.25) is 9.58 Å². The van der Waals surface area contributed by atoms with Crippen molar-refractivity contribution in [1.29, 1.82) is 0 Å². The molecule has 0 saturated carbocycles. The molecule has 25 heavy (non-hydrogen) atoms. The number of nitrogens with one attached hydrogen (secondary N) is 1. The fraction of sp³-hybridized carbons (Fsp3) is 0.647. The summed E-state index contributed by atoms with van der Waals surface area (Å²) >= 11 is 0. The predicted molar refractivity (Wildman–Crippen MR) is 101 cm³/mol. The van der Waals surface area contributed by atoms with Crippen molar-refractivity contribution in [2.24, 2.45) is 0 Å². The Morgan fingerprint density at radius 3 is 2.92 bits per heavy atom. The lowest BCUT2D eigenvalue weighted by molar-refractivity contribution is 0.296. The molecule has 140 valence electrons. The number of halogens is 2. The first kappa shape index (κ1) is 20.2. The number of hydrogen-bond acceptors (Lipinski definition) is 5. The van der Waals surface area contributed by atoms with Gasteiger partial charge in [0.05, 0.1) is 11.4 Å². The van der Waals surface area contributed by atoms with Gasteiger partial charge in [0.2, 0.25) is 0 Å². The zero-order valence-corrected chi connectivity index (χ0v) is 16.3. The molecule has 1 aliphatic heterocycles. The minimum atomic E-state index is 0. The molecular weight excluding hydrogens is 361 g/mol. The molecule has 1 aliphatic carbocycles. The van der Waals surface area contributed by atoms with E-state index in [-0.39, 0.29) is 24.8 Å². The highest BCUT2D eigenvalue weighted by Gasteiger charge is 2.20. The Kier molecular flexibility index (Phi) is 7.31. The van der Waals surface area contributed by atoms with Crippen LogP contribution in [0.25, 0.3) is 0 Å². The van der Waals surface area contributed by atoms with Gasteiger partial charge in [-0.15, -0.1) is 24.8 Å². The summed E-state index contributed by atoms with van der Waals surface area (Å²) in [5.74, 6) is 1.11. The van der Waals surface area contributed by atoms with Gasteiger partial charge in [0.25, 0.3) is 0 Å². The van der Waals surface area contributed by atoms with E-state index in [1.165, 1.54) is 24.1 Å². The quantitative estimate of drug-likeness (QED) is 0.873. The van der Waals surface area contributed by atoms with E-state index in [1.807, 2.05) is 0 Å². The molecule has 8 heteroatoms. The van der Waals surface area contributed by atoms with Crippen molar-refractivity contribution < 1.29 is 4.52 Å². The average molecular weight is 388 g/mol. The Labute approximate surface area is 161 Å². The monoisotopic (exact) mass is 387 g/mol. The highest BCUT2D eigenvalue weighted by atomic mass is 35.5. The lowest BCUT2D eigenvalue weighted by Crippen LogP contribution is -2.19. The smallest absolute Gasteiger partial charge is 0.140 e. The van der Waals surface area contributed by atoms with E-state index in [1.54, 1.807) is 0 Å². The van der Waals surface area contributed by atoms with Gasteiger partial charge < -0.3 is 9.84 Å². The first-order valence-corrected chi connectivity index (χ1v) is 8.71. The fourth-order valence-electron chi connectivity index (χ4n) is 3.66. The van der Waals surface area contributed by atoms with Crippen molar-refractivity contribution in [2.45, 2.75) is 58.3 Å². The third-order valence-corrected chi connectivity index (χ3v) is 4.83. The Morgan fingerprint density at radius 1 is 1.20 bits per heavy atom. The molecule has 2 aliphatic rings. The number of aromatic nitrogens is 3. The fourth-order valence-corrected chi connectivity index (χ4v) is 3.66. The van der Waals surface area contributed by atoms with E-state index in [0.717, 1.165) is 69.1 Å². The van der Waals surface area contributed by atoms with Gasteiger partial charge in [-0.1, -0.05) is 5.16 Å². The molecule has 1 N–H and O–H groups in total. The maximum atomic E-state index is 5.51. The standard InChI is InChI=1S/C17H25N5O.2ClH/c1-21(12-16-15-5-2-3-6-17(15)23-20-16)11-13-9-14-10-18-7-4-8-22(14)19-13;;/h9,18H,2-8,10-12H2,1H3;2*1H. The largest absolute Gasteiger partial charge is 0.361 e. The van der Waals surface area contributed by atoms with Gasteiger partial charge in [0.1, 0.15) is 11.5 Å². The summed E-state index contributed by atoms with van der Waals surface area (Å²) < 4.78 is 7.67. The van der Waals surface area contributed by atoms with Crippen LogP contribution in [-0.4, -0.2) is 33.4 Å². The van der Waals surface area contributed by atoms with E-state index in [4.69, 9.17) is 9.62 Å². The molecule has 0 amide bonds. The van der Waals surface area contributed by atoms with Crippen LogP contribution < -0.4 is 5.32 Å². The summed E-state index contributed by atoms with van der Waals surface area (Å²) in [5, 5.41) is 12.5. The highest BCUT2D eigenvalue weighted by molar-refractivity contribution is 5.85. The van der Waals surface area contributed by atoms with Crippen LogP contribution in [0.2, 0.25) is 0 Å². The van der Waals surface area contributed by atoms with E-state index < -0.39 is 0 Å². The lowest BCUT2D eigenvalue weighted by Gasteiger charge is -2.15. The van der Waals surface area contributed by atoms with Gasteiger partial charge in [-0.25, -0.2) is 0 Å². The zero-order chi connectivity index (χ0) is 15.6. The lowest BCUT2D eigenvalue weighted by atomic mass is 9.96. The van der Waals surface area contributed by atoms with E-state index >= 15 is 0 Å². The molecule has 0 saturated heterocycles. The molecule has 4 rings (SSSR count). The van der Waals surface area contributed by atoms with Gasteiger partial charge in [0, 0.05) is 38.2 Å². The summed E-state index contributed by atoms with van der Waals surface area (Å²) in [6, 6.07) is 2.23. The molecule has 0 unspecified atom stereocenters. The summed E-state index contributed by atoms with van der Waals surface area (Å²) in [7, 11) is 2.13. The van der Waals surface area contributed by atoms with Gasteiger partial charge in [-0.2, -0.15) is 5.10 Å². The van der Waals surface area contributed by atoms with Crippen LogP contribution in [0, 0.1) is 0 Å². The number of nitrogens with zero attached hydrogens (tertiary/aromatic N) is 4. The predicted octanol–water partition coefficient (Wildman–Crippen LogP) is 2.72. The Morgan fingerprint density at radius 2 is 2.04 bits per heavy atom. The normalized spacial score (nSPS) is 16.4. The molecule has 0 atom stereocenters. The number of rotatable bonds is 4. The van der Waals surface area contributed by atoms with Gasteiger partial charge in [0.15, 0.2) is 0 Å². The van der Waals surface area contributed by atoms with Crippen molar-refractivity contribution in [1.82, 2.24) is 25.2 Å². The molecule has 2 aromatic rings. The summed E-state index contributed by atoms with van der Waals surface area (Å²) in [6.45, 7) is 4.70. The second kappa shape index (κ2) is 9.03. The molecule has 3 heterocycles. The third-order valence-electron chi connectivity index (χ3n) is 4.83. The first-order chi connectivity index (χ1) is 11.3.